The Hall–Kier alpha value is -2.47. The Morgan fingerprint density at radius 2 is 1.75 bits per heavy atom. The summed E-state index contributed by atoms with van der Waals surface area (Å²) in [6.07, 6.45) is 1.74. The number of aromatic nitrogens is 2. The van der Waals surface area contributed by atoms with E-state index in [2.05, 4.69) is 15.9 Å². The van der Waals surface area contributed by atoms with Crippen molar-refractivity contribution in [3.63, 3.8) is 0 Å². The number of nitrogens with zero attached hydrogens (tertiary/aromatic N) is 2. The van der Waals surface area contributed by atoms with Gasteiger partial charge < -0.3 is 9.13 Å². The van der Waals surface area contributed by atoms with E-state index in [4.69, 9.17) is 5.41 Å². The molecule has 2 aromatic carbocycles. The van der Waals surface area contributed by atoms with Crippen LogP contribution >= 0.6 is 15.9 Å². The minimum atomic E-state index is -0.308. The molecule has 1 aromatic heterocycles. The van der Waals surface area contributed by atoms with Crippen molar-refractivity contribution in [1.82, 2.24) is 9.13 Å². The van der Waals surface area contributed by atoms with Gasteiger partial charge in [0.15, 0.2) is 5.78 Å². The number of halogens is 2. The number of imidazole rings is 1. The van der Waals surface area contributed by atoms with E-state index in [1.54, 1.807) is 46.6 Å². The lowest BCUT2D eigenvalue weighted by atomic mass is 10.1. The monoisotopic (exact) mass is 387 g/mol. The first kappa shape index (κ1) is 16.4. The summed E-state index contributed by atoms with van der Waals surface area (Å²) in [5.41, 5.74) is 2.35. The van der Waals surface area contributed by atoms with Gasteiger partial charge in [-0.05, 0) is 42.0 Å². The molecule has 0 fully saturated rings. The molecule has 122 valence electrons. The molecule has 0 atom stereocenters. The fourth-order valence-electron chi connectivity index (χ4n) is 2.49. The molecule has 0 spiro atoms. The van der Waals surface area contributed by atoms with Gasteiger partial charge in [-0.1, -0.05) is 28.1 Å². The predicted octanol–water partition coefficient (Wildman–Crippen LogP) is 3.76. The van der Waals surface area contributed by atoms with Crippen molar-refractivity contribution in [2.75, 3.05) is 0 Å². The molecule has 0 aliphatic heterocycles. The largest absolute Gasteiger partial charge is 0.314 e. The van der Waals surface area contributed by atoms with Crippen LogP contribution in [0.5, 0.6) is 0 Å². The van der Waals surface area contributed by atoms with E-state index in [0.717, 1.165) is 15.7 Å². The van der Waals surface area contributed by atoms with Crippen molar-refractivity contribution < 1.29 is 9.18 Å². The van der Waals surface area contributed by atoms with Gasteiger partial charge in [-0.15, -0.1) is 0 Å². The van der Waals surface area contributed by atoms with Gasteiger partial charge in [0.1, 0.15) is 5.82 Å². The van der Waals surface area contributed by atoms with Crippen molar-refractivity contribution >= 4 is 21.7 Å². The first-order valence-corrected chi connectivity index (χ1v) is 8.10. The summed E-state index contributed by atoms with van der Waals surface area (Å²) >= 11 is 3.34. The Morgan fingerprint density at radius 3 is 2.38 bits per heavy atom. The molecule has 0 aliphatic carbocycles. The third-order valence-corrected chi connectivity index (χ3v) is 4.38. The molecule has 4 nitrogen and oxygen atoms in total. The highest BCUT2D eigenvalue weighted by Gasteiger charge is 2.12. The molecule has 1 heterocycles. The number of nitrogens with one attached hydrogen (secondary N) is 1. The number of carbonyl (C=O) groups excluding carboxylic acids is 1. The number of hydrogen-bond acceptors (Lipinski definition) is 2. The van der Waals surface area contributed by atoms with Gasteiger partial charge in [-0.3, -0.25) is 10.2 Å². The zero-order valence-corrected chi connectivity index (χ0v) is 14.5. The third kappa shape index (κ3) is 3.23. The van der Waals surface area contributed by atoms with Gasteiger partial charge >= 0.3 is 0 Å². The fourth-order valence-corrected chi connectivity index (χ4v) is 2.76. The maximum Gasteiger partial charge on any atom is 0.202 e. The van der Waals surface area contributed by atoms with Crippen LogP contribution in [0, 0.1) is 11.2 Å². The maximum absolute atomic E-state index is 13.1. The SMILES string of the molecule is Cn1c(-c2ccc(F)cc2)cn(CC(=O)c2ccc(Br)cc2)c1=N. The van der Waals surface area contributed by atoms with E-state index in [9.17, 15) is 9.18 Å². The molecule has 3 rings (SSSR count). The van der Waals surface area contributed by atoms with Crippen LogP contribution in [0.4, 0.5) is 4.39 Å². The fraction of sp³-hybridized carbons (Fsp3) is 0.111. The second-order valence-electron chi connectivity index (χ2n) is 5.46. The van der Waals surface area contributed by atoms with Gasteiger partial charge in [0.2, 0.25) is 5.62 Å². The van der Waals surface area contributed by atoms with Gasteiger partial charge in [0.05, 0.1) is 12.2 Å². The van der Waals surface area contributed by atoms with Crippen molar-refractivity contribution in [3.8, 4) is 11.3 Å². The number of carbonyl (C=O) groups is 1. The lowest BCUT2D eigenvalue weighted by Gasteiger charge is -2.02. The number of ketones is 1. The first-order valence-electron chi connectivity index (χ1n) is 7.31. The maximum atomic E-state index is 13.1. The van der Waals surface area contributed by atoms with Crippen LogP contribution in [-0.4, -0.2) is 14.9 Å². The van der Waals surface area contributed by atoms with Crippen molar-refractivity contribution in [2.45, 2.75) is 6.54 Å². The molecule has 0 radical (unpaired) electrons. The second-order valence-corrected chi connectivity index (χ2v) is 6.38. The molecule has 24 heavy (non-hydrogen) atoms. The average Bonchev–Trinajstić information content (AvgIpc) is 2.85. The van der Waals surface area contributed by atoms with E-state index in [1.165, 1.54) is 12.1 Å². The smallest absolute Gasteiger partial charge is 0.202 e. The zero-order chi connectivity index (χ0) is 17.3. The van der Waals surface area contributed by atoms with Gasteiger partial charge in [0, 0.05) is 23.3 Å². The van der Waals surface area contributed by atoms with E-state index in [0.29, 0.717) is 5.56 Å². The summed E-state index contributed by atoms with van der Waals surface area (Å²) in [6, 6.07) is 13.2. The van der Waals surface area contributed by atoms with Crippen LogP contribution in [0.2, 0.25) is 0 Å². The second kappa shape index (κ2) is 6.57. The van der Waals surface area contributed by atoms with Gasteiger partial charge in [0.25, 0.3) is 0 Å². The molecule has 0 amide bonds. The number of rotatable bonds is 4. The standard InChI is InChI=1S/C18H15BrFN3O/c1-22-16(12-4-8-15(20)9-5-12)10-23(18(22)21)11-17(24)13-2-6-14(19)7-3-13/h2-10,21H,11H2,1H3. The molecule has 6 heteroatoms. The Bertz CT molecular complexity index is 940. The van der Waals surface area contributed by atoms with Gasteiger partial charge in [-0.25, -0.2) is 4.39 Å². The molecule has 3 aromatic rings. The summed E-state index contributed by atoms with van der Waals surface area (Å²) < 4.78 is 17.2. The van der Waals surface area contributed by atoms with Gasteiger partial charge in [-0.2, -0.15) is 0 Å². The Labute approximate surface area is 146 Å². The summed E-state index contributed by atoms with van der Waals surface area (Å²) in [4.78, 5) is 12.4. The predicted molar refractivity (Wildman–Crippen MR) is 93.1 cm³/mol. The van der Waals surface area contributed by atoms with E-state index >= 15 is 0 Å². The average molecular weight is 388 g/mol. The lowest BCUT2D eigenvalue weighted by Crippen LogP contribution is -2.25. The van der Waals surface area contributed by atoms with Crippen LogP contribution in [0.25, 0.3) is 11.3 Å². The van der Waals surface area contributed by atoms with Crippen molar-refractivity contribution in [3.05, 3.63) is 76.2 Å². The minimum Gasteiger partial charge on any atom is -0.314 e. The van der Waals surface area contributed by atoms with Crippen LogP contribution in [0.15, 0.2) is 59.2 Å². The highest BCUT2D eigenvalue weighted by Crippen LogP contribution is 2.18. The van der Waals surface area contributed by atoms with Crippen LogP contribution in [0.1, 0.15) is 10.4 Å². The normalized spacial score (nSPS) is 10.8. The van der Waals surface area contributed by atoms with E-state index in [1.807, 2.05) is 12.1 Å². The lowest BCUT2D eigenvalue weighted by molar-refractivity contribution is 0.0970. The number of Topliss-reactive ketones (excluding diaryl/α,β-unsaturated/α-hetero) is 1. The van der Waals surface area contributed by atoms with Crippen molar-refractivity contribution in [2.24, 2.45) is 7.05 Å². The molecule has 0 saturated heterocycles. The molecule has 0 unspecified atom stereocenters. The first-order chi connectivity index (χ1) is 11.5. The summed E-state index contributed by atoms with van der Waals surface area (Å²) in [5.74, 6) is -0.380. The number of benzene rings is 2. The van der Waals surface area contributed by atoms with Crippen LogP contribution in [0.3, 0.4) is 0 Å². The summed E-state index contributed by atoms with van der Waals surface area (Å²) in [7, 11) is 1.75. The Balaban J connectivity index is 1.91. The highest BCUT2D eigenvalue weighted by atomic mass is 79.9. The van der Waals surface area contributed by atoms with Crippen LogP contribution in [-0.2, 0) is 13.6 Å². The number of hydrogen-bond donors (Lipinski definition) is 1. The molecule has 0 bridgehead atoms. The Morgan fingerprint density at radius 1 is 1.12 bits per heavy atom. The third-order valence-electron chi connectivity index (χ3n) is 3.85. The molecule has 0 aliphatic rings. The Kier molecular flexibility index (Phi) is 4.49. The molecule has 1 N–H and O–H groups in total. The molecule has 0 saturated carbocycles. The van der Waals surface area contributed by atoms with Crippen molar-refractivity contribution in [1.29, 1.82) is 5.41 Å². The van der Waals surface area contributed by atoms with E-state index in [-0.39, 0.29) is 23.8 Å². The summed E-state index contributed by atoms with van der Waals surface area (Å²) in [6.45, 7) is 0.0789. The zero-order valence-electron chi connectivity index (χ0n) is 13.0. The molecular weight excluding hydrogens is 373 g/mol. The summed E-state index contributed by atoms with van der Waals surface area (Å²) in [5, 5.41) is 8.19. The van der Waals surface area contributed by atoms with E-state index < -0.39 is 0 Å². The topological polar surface area (TPSA) is 50.8 Å². The molecular formula is C18H15BrFN3O. The minimum absolute atomic E-state index is 0.0720. The highest BCUT2D eigenvalue weighted by molar-refractivity contribution is 9.10. The quantitative estimate of drug-likeness (QED) is 0.680. The van der Waals surface area contributed by atoms with Crippen LogP contribution < -0.4 is 5.62 Å².